The van der Waals surface area contributed by atoms with Gasteiger partial charge >= 0.3 is 0 Å². The minimum atomic E-state index is -0.471. The Kier molecular flexibility index (Phi) is 6.62. The highest BCUT2D eigenvalue weighted by Gasteiger charge is 2.13. The maximum absolute atomic E-state index is 11.6. The zero-order valence-electron chi connectivity index (χ0n) is 18.3. The van der Waals surface area contributed by atoms with Crippen molar-refractivity contribution >= 4 is 23.2 Å². The van der Waals surface area contributed by atoms with Crippen LogP contribution in [0.25, 0.3) is 5.82 Å². The number of nitrogens with two attached hydrogens (primary N) is 1. The van der Waals surface area contributed by atoms with E-state index in [1.165, 1.54) is 6.33 Å². The van der Waals surface area contributed by atoms with Gasteiger partial charge in [-0.3, -0.25) is 9.69 Å². The van der Waals surface area contributed by atoms with Crippen molar-refractivity contribution in [2.24, 2.45) is 5.73 Å². The Morgan fingerprint density at radius 2 is 1.97 bits per heavy atom. The smallest absolute Gasteiger partial charge is 0.248 e. The number of benzene rings is 1. The van der Waals surface area contributed by atoms with Crippen molar-refractivity contribution in [1.29, 1.82) is 0 Å². The van der Waals surface area contributed by atoms with Gasteiger partial charge in [0.15, 0.2) is 5.82 Å². The lowest BCUT2D eigenvalue weighted by Crippen LogP contribution is -2.39. The summed E-state index contributed by atoms with van der Waals surface area (Å²) in [5.74, 6) is 1.62. The molecule has 1 aromatic carbocycles. The number of hydrogen-bond acceptors (Lipinski definition) is 8. The highest BCUT2D eigenvalue weighted by molar-refractivity contribution is 5.94. The topological polar surface area (TPSA) is 123 Å². The number of morpholine rings is 1. The summed E-state index contributed by atoms with van der Waals surface area (Å²) in [6.45, 7) is 9.05. The van der Waals surface area contributed by atoms with Gasteiger partial charge in [-0.1, -0.05) is 6.07 Å². The van der Waals surface area contributed by atoms with Crippen molar-refractivity contribution in [1.82, 2.24) is 24.6 Å². The predicted octanol–water partition coefficient (Wildman–Crippen LogP) is 1.87. The Bertz CT molecular complexity index is 1090. The van der Waals surface area contributed by atoms with Gasteiger partial charge in [0.2, 0.25) is 5.91 Å². The van der Waals surface area contributed by atoms with E-state index in [2.05, 4.69) is 30.6 Å². The molecule has 1 amide bonds. The molecule has 3 heterocycles. The van der Waals surface area contributed by atoms with Gasteiger partial charge < -0.3 is 21.1 Å². The van der Waals surface area contributed by atoms with Crippen LogP contribution in [0.5, 0.6) is 0 Å². The Balaban J connectivity index is 1.50. The molecule has 0 unspecified atom stereocenters. The van der Waals surface area contributed by atoms with Crippen LogP contribution in [0.15, 0.2) is 36.7 Å². The summed E-state index contributed by atoms with van der Waals surface area (Å²) in [6.07, 6.45) is 1.52. The first-order valence-electron chi connectivity index (χ1n) is 10.6. The lowest BCUT2D eigenvalue weighted by atomic mass is 10.1. The number of amides is 1. The van der Waals surface area contributed by atoms with Crippen molar-refractivity contribution in [3.8, 4) is 5.82 Å². The Morgan fingerprint density at radius 3 is 2.75 bits per heavy atom. The van der Waals surface area contributed by atoms with Gasteiger partial charge in [0, 0.05) is 49.6 Å². The van der Waals surface area contributed by atoms with E-state index in [1.807, 2.05) is 32.0 Å². The van der Waals surface area contributed by atoms with E-state index in [0.29, 0.717) is 11.4 Å². The zero-order chi connectivity index (χ0) is 22.5. The summed E-state index contributed by atoms with van der Waals surface area (Å²) < 4.78 is 7.11. The molecule has 0 spiro atoms. The van der Waals surface area contributed by atoms with Gasteiger partial charge in [-0.05, 0) is 31.5 Å². The normalized spacial score (nSPS) is 14.3. The van der Waals surface area contributed by atoms with Crippen LogP contribution in [0.2, 0.25) is 0 Å². The highest BCUT2D eigenvalue weighted by Crippen LogP contribution is 2.25. The van der Waals surface area contributed by atoms with Crippen molar-refractivity contribution in [3.63, 3.8) is 0 Å². The molecule has 0 radical (unpaired) electrons. The molecule has 1 aliphatic rings. The summed E-state index contributed by atoms with van der Waals surface area (Å²) in [6, 6.07) is 9.10. The highest BCUT2D eigenvalue weighted by atomic mass is 16.5. The van der Waals surface area contributed by atoms with E-state index in [0.717, 1.165) is 68.0 Å². The lowest BCUT2D eigenvalue weighted by Gasteiger charge is -2.26. The number of carbonyl (C=O) groups excluding carboxylic acids is 1. The van der Waals surface area contributed by atoms with E-state index in [4.69, 9.17) is 10.5 Å². The third-order valence-electron chi connectivity index (χ3n) is 5.32. The molecule has 4 N–H and O–H groups in total. The van der Waals surface area contributed by atoms with Crippen LogP contribution in [0, 0.1) is 13.8 Å². The average Bonchev–Trinajstić information content (AvgIpc) is 3.16. The van der Waals surface area contributed by atoms with Crippen LogP contribution < -0.4 is 16.4 Å². The van der Waals surface area contributed by atoms with Crippen molar-refractivity contribution in [2.45, 2.75) is 13.8 Å². The molecular formula is C22H28N8O2. The number of anilines is 3. The second kappa shape index (κ2) is 9.75. The molecule has 1 saturated heterocycles. The molecular weight excluding hydrogens is 408 g/mol. The van der Waals surface area contributed by atoms with E-state index >= 15 is 0 Å². The SMILES string of the molecule is Cc1cc(Nc2cc(C(N)=O)ccc2C)n(-c2cc(NCCN3CCOCC3)ncn2)n1. The standard InChI is InChI=1S/C22H28N8O2/c1-15-3-4-17(22(23)31)12-18(15)27-21-11-16(2)28-30(21)20-13-19(25-14-26-20)24-5-6-29-7-9-32-10-8-29/h3-4,11-14,27H,5-10H2,1-2H3,(H2,23,31)(H,24,25,26). The van der Waals surface area contributed by atoms with Gasteiger partial charge in [0.1, 0.15) is 18.0 Å². The maximum atomic E-state index is 11.6. The van der Waals surface area contributed by atoms with Crippen molar-refractivity contribution in [3.05, 3.63) is 53.5 Å². The van der Waals surface area contributed by atoms with Gasteiger partial charge in [-0.25, -0.2) is 9.97 Å². The van der Waals surface area contributed by atoms with Crippen LogP contribution >= 0.6 is 0 Å². The Hall–Kier alpha value is -3.50. The number of aromatic nitrogens is 4. The van der Waals surface area contributed by atoms with Crippen LogP contribution in [0.4, 0.5) is 17.3 Å². The molecule has 10 nitrogen and oxygen atoms in total. The second-order valence-corrected chi connectivity index (χ2v) is 7.74. The maximum Gasteiger partial charge on any atom is 0.248 e. The molecule has 1 fully saturated rings. The zero-order valence-corrected chi connectivity index (χ0v) is 18.3. The van der Waals surface area contributed by atoms with Crippen LogP contribution in [0.1, 0.15) is 21.6 Å². The summed E-state index contributed by atoms with van der Waals surface area (Å²) >= 11 is 0. The molecule has 0 bridgehead atoms. The van der Waals surface area contributed by atoms with Crippen molar-refractivity contribution in [2.75, 3.05) is 50.0 Å². The minimum Gasteiger partial charge on any atom is -0.379 e. The lowest BCUT2D eigenvalue weighted by molar-refractivity contribution is 0.0398. The minimum absolute atomic E-state index is 0.440. The van der Waals surface area contributed by atoms with E-state index < -0.39 is 5.91 Å². The number of aryl methyl sites for hydroxylation is 2. The second-order valence-electron chi connectivity index (χ2n) is 7.74. The third kappa shape index (κ3) is 5.21. The van der Waals surface area contributed by atoms with Gasteiger partial charge in [-0.2, -0.15) is 9.78 Å². The molecule has 4 rings (SSSR count). The molecule has 3 aromatic rings. The molecule has 0 aliphatic carbocycles. The first-order valence-corrected chi connectivity index (χ1v) is 10.6. The number of primary amides is 1. The molecule has 32 heavy (non-hydrogen) atoms. The van der Waals surface area contributed by atoms with Gasteiger partial charge in [0.05, 0.1) is 18.9 Å². The molecule has 0 saturated carbocycles. The summed E-state index contributed by atoms with van der Waals surface area (Å²) in [5, 5.41) is 11.3. The fraction of sp³-hybridized carbons (Fsp3) is 0.364. The summed E-state index contributed by atoms with van der Waals surface area (Å²) in [5.41, 5.74) is 8.47. The van der Waals surface area contributed by atoms with Gasteiger partial charge in [-0.15, -0.1) is 0 Å². The molecule has 10 heteroatoms. The third-order valence-corrected chi connectivity index (χ3v) is 5.32. The fourth-order valence-electron chi connectivity index (χ4n) is 3.54. The number of rotatable bonds is 8. The first kappa shape index (κ1) is 21.7. The number of hydrogen-bond donors (Lipinski definition) is 3. The monoisotopic (exact) mass is 436 g/mol. The summed E-state index contributed by atoms with van der Waals surface area (Å²) in [7, 11) is 0. The molecule has 1 aliphatic heterocycles. The Morgan fingerprint density at radius 1 is 1.16 bits per heavy atom. The van der Waals surface area contributed by atoms with Gasteiger partial charge in [0.25, 0.3) is 0 Å². The fourth-order valence-corrected chi connectivity index (χ4v) is 3.54. The Labute approximate surface area is 186 Å². The number of nitrogens with one attached hydrogen (secondary N) is 2. The molecule has 0 atom stereocenters. The van der Waals surface area contributed by atoms with E-state index in [-0.39, 0.29) is 0 Å². The molecule has 168 valence electrons. The summed E-state index contributed by atoms with van der Waals surface area (Å²) in [4.78, 5) is 22.7. The van der Waals surface area contributed by atoms with Crippen molar-refractivity contribution < 1.29 is 9.53 Å². The first-order chi connectivity index (χ1) is 15.5. The average molecular weight is 437 g/mol. The predicted molar refractivity (Wildman–Crippen MR) is 123 cm³/mol. The number of carbonyl (C=O) groups is 1. The van der Waals surface area contributed by atoms with Crippen LogP contribution in [-0.4, -0.2) is 69.9 Å². The van der Waals surface area contributed by atoms with Crippen LogP contribution in [0.3, 0.4) is 0 Å². The molecule has 2 aromatic heterocycles. The van der Waals surface area contributed by atoms with Crippen LogP contribution in [-0.2, 0) is 4.74 Å². The van der Waals surface area contributed by atoms with E-state index in [9.17, 15) is 4.79 Å². The van der Waals surface area contributed by atoms with E-state index in [1.54, 1.807) is 16.8 Å². The largest absolute Gasteiger partial charge is 0.379 e. The number of nitrogens with zero attached hydrogens (tertiary/aromatic N) is 5. The number of ether oxygens (including phenoxy) is 1. The quantitative estimate of drug-likeness (QED) is 0.489.